The average Bonchev–Trinajstić information content (AvgIpc) is 3.65. The van der Waals surface area contributed by atoms with Crippen LogP contribution in [0.3, 0.4) is 0 Å². The molecule has 2 aliphatic carbocycles. The molecular formula is C36H23N3O2. The van der Waals surface area contributed by atoms with E-state index in [1.165, 1.54) is 22.2 Å². The summed E-state index contributed by atoms with van der Waals surface area (Å²) in [4.78, 5) is 9.69. The fourth-order valence-corrected chi connectivity index (χ4v) is 6.38. The molecule has 0 fully saturated rings. The van der Waals surface area contributed by atoms with E-state index in [1.807, 2.05) is 24.4 Å². The van der Waals surface area contributed by atoms with Gasteiger partial charge < -0.3 is 13.4 Å². The quantitative estimate of drug-likeness (QED) is 0.210. The third-order valence-corrected chi connectivity index (χ3v) is 8.27. The maximum absolute atomic E-state index is 6.45. The Morgan fingerprint density at radius 3 is 2.83 bits per heavy atom. The number of hydrogen-bond acceptors (Lipinski definition) is 4. The first-order valence-corrected chi connectivity index (χ1v) is 14.0. The maximum Gasteiger partial charge on any atom is 0.227 e. The molecule has 194 valence electrons. The second kappa shape index (κ2) is 8.58. The van der Waals surface area contributed by atoms with Gasteiger partial charge in [-0.05, 0) is 60.5 Å². The van der Waals surface area contributed by atoms with E-state index < -0.39 is 0 Å². The second-order valence-corrected chi connectivity index (χ2v) is 10.6. The Morgan fingerprint density at radius 2 is 1.83 bits per heavy atom. The SMILES string of the molecule is C1#CCc2c(n(-c3ccc4oc5c(-c6ccc7c8c(oc7n6)CCC=C8)ccnc5c4c3)c3ccccc23)/C=C\C1. The van der Waals surface area contributed by atoms with Gasteiger partial charge in [0.05, 0.1) is 16.9 Å². The molecule has 0 aliphatic heterocycles. The van der Waals surface area contributed by atoms with Crippen LogP contribution in [0.4, 0.5) is 0 Å². The molecule has 0 saturated carbocycles. The first-order valence-electron chi connectivity index (χ1n) is 14.0. The first kappa shape index (κ1) is 22.5. The van der Waals surface area contributed by atoms with Crippen LogP contribution in [0.2, 0.25) is 0 Å². The fourth-order valence-electron chi connectivity index (χ4n) is 6.38. The lowest BCUT2D eigenvalue weighted by molar-refractivity contribution is 0.537. The Labute approximate surface area is 235 Å². The molecule has 0 saturated heterocycles. The minimum Gasteiger partial charge on any atom is -0.454 e. The van der Waals surface area contributed by atoms with Crippen molar-refractivity contribution in [3.05, 3.63) is 102 Å². The number of nitrogens with zero attached hydrogens (tertiary/aromatic N) is 3. The summed E-state index contributed by atoms with van der Waals surface area (Å²) >= 11 is 0. The number of allylic oxidation sites excluding steroid dienone is 2. The summed E-state index contributed by atoms with van der Waals surface area (Å²) in [5.41, 5.74) is 10.5. The van der Waals surface area contributed by atoms with Gasteiger partial charge in [0.15, 0.2) is 5.58 Å². The number of fused-ring (bicyclic) bond motifs is 9. The van der Waals surface area contributed by atoms with Gasteiger partial charge in [-0.1, -0.05) is 48.3 Å². The van der Waals surface area contributed by atoms with Crippen molar-refractivity contribution in [1.29, 1.82) is 0 Å². The molecule has 5 heteroatoms. The lowest BCUT2D eigenvalue weighted by atomic mass is 10.0. The molecule has 0 radical (unpaired) electrons. The molecule has 2 aromatic carbocycles. The summed E-state index contributed by atoms with van der Waals surface area (Å²) in [7, 11) is 0. The number of aromatic nitrogens is 3. The van der Waals surface area contributed by atoms with Gasteiger partial charge in [0, 0.05) is 58.4 Å². The molecule has 7 aromatic rings. The number of para-hydroxylation sites is 1. The molecule has 5 aromatic heterocycles. The summed E-state index contributed by atoms with van der Waals surface area (Å²) < 4.78 is 14.9. The predicted molar refractivity (Wildman–Crippen MR) is 164 cm³/mol. The standard InChI is InChI=1S/C36H23N3O2/c1-2-4-12-30-23(9-3-1)24-10-5-7-13-31(24)39(30)22-15-18-33-28(21-22)34-35(40-33)27(19-20-37-34)29-17-16-26-25-11-6-8-14-32(25)41-36(26)38-29/h4-7,10-13,15-21H,2,8-9,14H2/b12-4-. The average molecular weight is 530 g/mol. The van der Waals surface area contributed by atoms with E-state index >= 15 is 0 Å². The van der Waals surface area contributed by atoms with Crippen molar-refractivity contribution < 1.29 is 8.83 Å². The van der Waals surface area contributed by atoms with Crippen molar-refractivity contribution >= 4 is 56.2 Å². The molecule has 5 nitrogen and oxygen atoms in total. The number of benzene rings is 2. The van der Waals surface area contributed by atoms with Crippen LogP contribution in [0, 0.1) is 11.8 Å². The summed E-state index contributed by atoms with van der Waals surface area (Å²) in [5.74, 6) is 7.59. The van der Waals surface area contributed by atoms with E-state index in [1.54, 1.807) is 0 Å². The molecule has 2 aliphatic rings. The molecule has 0 amide bonds. The van der Waals surface area contributed by atoms with Gasteiger partial charge in [-0.25, -0.2) is 4.98 Å². The smallest absolute Gasteiger partial charge is 0.227 e. The number of hydrogen-bond donors (Lipinski definition) is 0. The van der Waals surface area contributed by atoms with Crippen LogP contribution in [0.5, 0.6) is 0 Å². The molecular weight excluding hydrogens is 506 g/mol. The van der Waals surface area contributed by atoms with Crippen LogP contribution in [0.1, 0.15) is 35.4 Å². The van der Waals surface area contributed by atoms with Gasteiger partial charge in [0.25, 0.3) is 0 Å². The number of rotatable bonds is 2. The van der Waals surface area contributed by atoms with Crippen LogP contribution in [0.15, 0.2) is 87.8 Å². The molecule has 41 heavy (non-hydrogen) atoms. The van der Waals surface area contributed by atoms with Gasteiger partial charge in [-0.15, -0.1) is 0 Å². The Bertz CT molecular complexity index is 2330. The summed E-state index contributed by atoms with van der Waals surface area (Å²) in [6.45, 7) is 0. The molecule has 0 N–H and O–H groups in total. The van der Waals surface area contributed by atoms with Crippen molar-refractivity contribution in [3.8, 4) is 28.8 Å². The normalized spacial score (nSPS) is 15.0. The van der Waals surface area contributed by atoms with Gasteiger partial charge in [-0.2, -0.15) is 0 Å². The van der Waals surface area contributed by atoms with Crippen LogP contribution in [-0.2, 0) is 12.8 Å². The molecule has 0 spiro atoms. The molecule has 0 bridgehead atoms. The number of pyridine rings is 2. The van der Waals surface area contributed by atoms with E-state index in [9.17, 15) is 0 Å². The zero-order valence-electron chi connectivity index (χ0n) is 22.1. The van der Waals surface area contributed by atoms with Gasteiger partial charge in [-0.3, -0.25) is 4.98 Å². The molecule has 9 rings (SSSR count). The van der Waals surface area contributed by atoms with Crippen LogP contribution < -0.4 is 0 Å². The third-order valence-electron chi connectivity index (χ3n) is 8.27. The van der Waals surface area contributed by atoms with E-state index in [2.05, 4.69) is 83.2 Å². The topological polar surface area (TPSA) is 57.0 Å². The molecule has 0 atom stereocenters. The Balaban J connectivity index is 1.23. The lowest BCUT2D eigenvalue weighted by Gasteiger charge is -2.10. The summed E-state index contributed by atoms with van der Waals surface area (Å²) in [6, 6.07) is 21.0. The number of furan rings is 2. The highest BCUT2D eigenvalue weighted by Crippen LogP contribution is 2.38. The van der Waals surface area contributed by atoms with Gasteiger partial charge >= 0.3 is 0 Å². The van der Waals surface area contributed by atoms with Crippen molar-refractivity contribution in [2.45, 2.75) is 25.7 Å². The van der Waals surface area contributed by atoms with E-state index in [0.717, 1.165) is 81.4 Å². The Morgan fingerprint density at radius 1 is 0.854 bits per heavy atom. The highest BCUT2D eigenvalue weighted by atomic mass is 16.3. The monoisotopic (exact) mass is 529 g/mol. The first-order chi connectivity index (χ1) is 20.3. The number of aryl methyl sites for hydroxylation is 1. The summed E-state index contributed by atoms with van der Waals surface area (Å²) in [5, 5.41) is 3.26. The van der Waals surface area contributed by atoms with Crippen molar-refractivity contribution in [2.24, 2.45) is 0 Å². The minimum absolute atomic E-state index is 0.663. The van der Waals surface area contributed by atoms with Crippen molar-refractivity contribution in [2.75, 3.05) is 0 Å². The zero-order valence-corrected chi connectivity index (χ0v) is 22.1. The van der Waals surface area contributed by atoms with Crippen molar-refractivity contribution in [1.82, 2.24) is 14.5 Å². The second-order valence-electron chi connectivity index (χ2n) is 10.6. The fraction of sp³-hybridized carbons (Fsp3) is 0.111. The largest absolute Gasteiger partial charge is 0.454 e. The Hall–Kier alpha value is -5.34. The maximum atomic E-state index is 6.45. The van der Waals surface area contributed by atoms with Crippen molar-refractivity contribution in [3.63, 3.8) is 0 Å². The molecule has 5 heterocycles. The predicted octanol–water partition coefficient (Wildman–Crippen LogP) is 8.66. The summed E-state index contributed by atoms with van der Waals surface area (Å²) in [6.07, 6.45) is 13.9. The molecule has 0 unspecified atom stereocenters. The van der Waals surface area contributed by atoms with E-state index in [-0.39, 0.29) is 0 Å². The van der Waals surface area contributed by atoms with E-state index in [0.29, 0.717) is 5.71 Å². The highest BCUT2D eigenvalue weighted by molar-refractivity contribution is 6.08. The van der Waals surface area contributed by atoms with Crippen LogP contribution in [-0.4, -0.2) is 14.5 Å². The lowest BCUT2D eigenvalue weighted by Crippen LogP contribution is -1.98. The third kappa shape index (κ3) is 3.31. The van der Waals surface area contributed by atoms with E-state index in [4.69, 9.17) is 18.8 Å². The van der Waals surface area contributed by atoms with Gasteiger partial charge in [0.2, 0.25) is 5.71 Å². The minimum atomic E-state index is 0.663. The van der Waals surface area contributed by atoms with Gasteiger partial charge in [0.1, 0.15) is 16.9 Å². The van der Waals surface area contributed by atoms with Crippen LogP contribution >= 0.6 is 0 Å². The highest BCUT2D eigenvalue weighted by Gasteiger charge is 2.21. The van der Waals surface area contributed by atoms with Crippen LogP contribution in [0.25, 0.3) is 73.2 Å². The Kier molecular flexibility index (Phi) is 4.70. The zero-order chi connectivity index (χ0) is 26.9.